The van der Waals surface area contributed by atoms with E-state index in [-0.39, 0.29) is 59.2 Å². The number of anilines is 2. The minimum absolute atomic E-state index is 0.0940. The van der Waals surface area contributed by atoms with Crippen LogP contribution in [0.2, 0.25) is 10.0 Å². The van der Waals surface area contributed by atoms with Gasteiger partial charge in [-0.3, -0.25) is 14.4 Å². The SMILES string of the molecule is CC(=O)NCC(=O)Nc1ccc(C=CC(=O)[N+]23C=CC=C(OCc4c(Cl)ccc(N(C)C(=O)CN)c4Cl)C2=NC(C)=C3Cl)cc1. The van der Waals surface area contributed by atoms with E-state index in [0.29, 0.717) is 33.2 Å². The maximum Gasteiger partial charge on any atom is 0.355 e. The number of fused-ring (bicyclic) bond motifs is 1. The first-order valence-electron chi connectivity index (χ1n) is 13.6. The first-order valence-corrected chi connectivity index (χ1v) is 14.7. The number of nitrogens with zero attached hydrogens (tertiary/aromatic N) is 3. The van der Waals surface area contributed by atoms with Gasteiger partial charge in [0, 0.05) is 36.3 Å². The van der Waals surface area contributed by atoms with Crippen LogP contribution in [-0.2, 0) is 30.5 Å². The molecule has 4 rings (SSSR count). The zero-order valence-corrected chi connectivity index (χ0v) is 26.8. The zero-order chi connectivity index (χ0) is 32.9. The Hall–Kier alpha value is -4.26. The van der Waals surface area contributed by atoms with Crippen LogP contribution in [0.4, 0.5) is 11.4 Å². The van der Waals surface area contributed by atoms with Crippen LogP contribution in [0, 0.1) is 0 Å². The van der Waals surface area contributed by atoms with Gasteiger partial charge in [-0.05, 0) is 66.6 Å². The van der Waals surface area contributed by atoms with E-state index >= 15 is 0 Å². The molecule has 45 heavy (non-hydrogen) atoms. The van der Waals surface area contributed by atoms with E-state index in [9.17, 15) is 19.2 Å². The summed E-state index contributed by atoms with van der Waals surface area (Å²) in [6.45, 7) is 2.59. The summed E-state index contributed by atoms with van der Waals surface area (Å²) in [7, 11) is 1.56. The van der Waals surface area contributed by atoms with E-state index in [1.807, 2.05) is 0 Å². The normalized spacial score (nSPS) is 17.0. The number of carbonyl (C=O) groups is 4. The summed E-state index contributed by atoms with van der Waals surface area (Å²) in [5, 5.41) is 5.83. The Kier molecular flexibility index (Phi) is 10.6. The Balaban J connectivity index is 1.51. The Bertz CT molecular complexity index is 1710. The van der Waals surface area contributed by atoms with Gasteiger partial charge in [0.05, 0.1) is 23.8 Å². The number of likely N-dealkylation sites (N-methyl/N-ethyl adjacent to an activating group) is 1. The van der Waals surface area contributed by atoms with E-state index in [1.165, 1.54) is 17.9 Å². The van der Waals surface area contributed by atoms with Crippen LogP contribution < -0.4 is 21.3 Å². The van der Waals surface area contributed by atoms with Gasteiger partial charge in [-0.1, -0.05) is 35.3 Å². The smallest absolute Gasteiger partial charge is 0.355 e. The predicted octanol–water partition coefficient (Wildman–Crippen LogP) is 4.81. The van der Waals surface area contributed by atoms with Crippen molar-refractivity contribution in [1.82, 2.24) is 5.32 Å². The molecular weight excluding hydrogens is 643 g/mol. The lowest BCUT2D eigenvalue weighted by Gasteiger charge is -2.29. The van der Waals surface area contributed by atoms with Gasteiger partial charge >= 0.3 is 5.91 Å². The highest BCUT2D eigenvalue weighted by Gasteiger charge is 2.52. The molecule has 0 aromatic heterocycles. The number of ether oxygens (including phenoxy) is 1. The summed E-state index contributed by atoms with van der Waals surface area (Å²) in [5.41, 5.74) is 8.00. The second-order valence-corrected chi connectivity index (χ2v) is 11.1. The van der Waals surface area contributed by atoms with Crippen molar-refractivity contribution in [3.63, 3.8) is 0 Å². The number of carbonyl (C=O) groups excluding carboxylic acids is 4. The van der Waals surface area contributed by atoms with Gasteiger partial charge < -0.3 is 26.0 Å². The molecule has 0 spiro atoms. The average Bonchev–Trinajstić information content (AvgIpc) is 3.29. The van der Waals surface area contributed by atoms with Gasteiger partial charge in [0.25, 0.3) is 5.84 Å². The number of benzene rings is 2. The third-order valence-corrected chi connectivity index (χ3v) is 8.22. The van der Waals surface area contributed by atoms with Crippen molar-refractivity contribution in [2.75, 3.05) is 30.4 Å². The molecule has 234 valence electrons. The van der Waals surface area contributed by atoms with Crippen molar-refractivity contribution in [1.29, 1.82) is 0 Å². The second kappa shape index (κ2) is 14.2. The number of nitrogens with one attached hydrogen (secondary N) is 2. The minimum Gasteiger partial charge on any atom is -0.481 e. The molecule has 1 atom stereocenters. The number of rotatable bonds is 10. The van der Waals surface area contributed by atoms with Crippen LogP contribution in [0.1, 0.15) is 25.0 Å². The standard InChI is InChI=1S/C31H29Cl3N6O5/c1-18-30(34)40(28(44)13-8-20-6-9-21(10-7-20)38-26(42)16-36-19(2)41)14-4-5-25(31(40)37-18)45-17-22-23(32)11-12-24(29(22)33)39(3)27(43)15-35/h4-14H,15-17,35H2,1-3H3,(H-,36,38,41,42,44)/p+1. The summed E-state index contributed by atoms with van der Waals surface area (Å²) >= 11 is 19.8. The van der Waals surface area contributed by atoms with E-state index in [0.717, 1.165) is 0 Å². The first kappa shape index (κ1) is 33.6. The summed E-state index contributed by atoms with van der Waals surface area (Å²) in [4.78, 5) is 54.8. The summed E-state index contributed by atoms with van der Waals surface area (Å²) in [6.07, 6.45) is 7.91. The number of halogens is 3. The molecule has 0 bridgehead atoms. The summed E-state index contributed by atoms with van der Waals surface area (Å²) in [5.74, 6) is -0.888. The van der Waals surface area contributed by atoms with Crippen molar-refractivity contribution in [3.05, 3.63) is 98.6 Å². The van der Waals surface area contributed by atoms with Gasteiger partial charge in [0.15, 0.2) is 0 Å². The van der Waals surface area contributed by atoms with Crippen molar-refractivity contribution < 1.29 is 28.4 Å². The molecule has 14 heteroatoms. The topological polar surface area (TPSA) is 143 Å². The fourth-order valence-corrected chi connectivity index (χ4v) is 5.36. The van der Waals surface area contributed by atoms with Crippen LogP contribution in [0.3, 0.4) is 0 Å². The lowest BCUT2D eigenvalue weighted by Crippen LogP contribution is -2.50. The Labute approximate surface area is 274 Å². The van der Waals surface area contributed by atoms with Gasteiger partial charge in [-0.2, -0.15) is 4.99 Å². The van der Waals surface area contributed by atoms with Crippen LogP contribution in [0.15, 0.2) is 82.4 Å². The van der Waals surface area contributed by atoms with E-state index in [2.05, 4.69) is 15.6 Å². The fourth-order valence-electron chi connectivity index (χ4n) is 4.49. The molecule has 2 heterocycles. The molecule has 0 radical (unpaired) electrons. The number of allylic oxidation sites excluding steroid dienone is 3. The fraction of sp³-hybridized carbons (Fsp3) is 0.194. The van der Waals surface area contributed by atoms with Crippen molar-refractivity contribution in [3.8, 4) is 0 Å². The molecule has 0 fully saturated rings. The number of hydrogen-bond donors (Lipinski definition) is 3. The molecule has 11 nitrogen and oxygen atoms in total. The number of hydrogen-bond acceptors (Lipinski definition) is 7. The summed E-state index contributed by atoms with van der Waals surface area (Å²) in [6, 6.07) is 10.0. The van der Waals surface area contributed by atoms with Crippen molar-refractivity contribution in [2.45, 2.75) is 20.5 Å². The minimum atomic E-state index is -0.526. The highest BCUT2D eigenvalue weighted by Crippen LogP contribution is 2.40. The number of amides is 4. The third kappa shape index (κ3) is 7.19. The van der Waals surface area contributed by atoms with Crippen LogP contribution in [0.25, 0.3) is 6.08 Å². The van der Waals surface area contributed by atoms with Gasteiger partial charge in [-0.15, -0.1) is 4.48 Å². The molecular formula is C31H30Cl3N6O5+. The van der Waals surface area contributed by atoms with E-state index in [1.54, 1.807) is 74.8 Å². The molecule has 2 aromatic rings. The zero-order valence-electron chi connectivity index (χ0n) is 24.6. The lowest BCUT2D eigenvalue weighted by atomic mass is 10.1. The number of aliphatic imine (C=N–C) groups is 1. The maximum absolute atomic E-state index is 13.8. The Morgan fingerprint density at radius 2 is 1.80 bits per heavy atom. The van der Waals surface area contributed by atoms with Crippen LogP contribution >= 0.6 is 34.8 Å². The van der Waals surface area contributed by atoms with Crippen LogP contribution in [-0.4, -0.2) is 54.1 Å². The number of quaternary nitrogens is 1. The van der Waals surface area contributed by atoms with Crippen molar-refractivity contribution in [2.24, 2.45) is 10.7 Å². The molecule has 0 saturated carbocycles. The van der Waals surface area contributed by atoms with Gasteiger partial charge in [-0.25, -0.2) is 4.79 Å². The third-order valence-electron chi connectivity index (χ3n) is 6.90. The molecule has 4 amide bonds. The van der Waals surface area contributed by atoms with E-state index < -0.39 is 10.4 Å². The molecule has 0 aliphatic carbocycles. The predicted molar refractivity (Wildman–Crippen MR) is 175 cm³/mol. The number of amidine groups is 1. The molecule has 2 aromatic carbocycles. The van der Waals surface area contributed by atoms with Gasteiger partial charge in [0.2, 0.25) is 28.6 Å². The molecule has 1 unspecified atom stereocenters. The average molecular weight is 673 g/mol. The molecule has 0 saturated heterocycles. The quantitative estimate of drug-likeness (QED) is 0.188. The monoisotopic (exact) mass is 671 g/mol. The largest absolute Gasteiger partial charge is 0.481 e. The molecule has 4 N–H and O–H groups in total. The van der Waals surface area contributed by atoms with Crippen LogP contribution in [0.5, 0.6) is 0 Å². The maximum atomic E-state index is 13.8. The van der Waals surface area contributed by atoms with Crippen molar-refractivity contribution >= 4 is 81.7 Å². The molecule has 2 aliphatic heterocycles. The summed E-state index contributed by atoms with van der Waals surface area (Å²) < 4.78 is 5.60. The Morgan fingerprint density at radius 1 is 1.09 bits per heavy atom. The van der Waals surface area contributed by atoms with Gasteiger partial charge in [0.1, 0.15) is 18.5 Å². The first-order chi connectivity index (χ1) is 21.4. The second-order valence-electron chi connectivity index (χ2n) is 9.96. The lowest BCUT2D eigenvalue weighted by molar-refractivity contribution is -0.650. The molecule has 2 aliphatic rings. The highest BCUT2D eigenvalue weighted by atomic mass is 35.5. The Morgan fingerprint density at radius 3 is 2.47 bits per heavy atom. The number of nitrogens with two attached hydrogens (primary N) is 1. The van der Waals surface area contributed by atoms with E-state index in [4.69, 9.17) is 45.3 Å². The highest BCUT2D eigenvalue weighted by molar-refractivity contribution is 6.38.